The summed E-state index contributed by atoms with van der Waals surface area (Å²) in [5, 5.41) is 5.99. The molecule has 0 aliphatic carbocycles. The van der Waals surface area contributed by atoms with Crippen molar-refractivity contribution in [2.24, 2.45) is 0 Å². The number of ether oxygens (including phenoxy) is 1. The number of nitrogens with one attached hydrogen (secondary N) is 2. The van der Waals surface area contributed by atoms with Gasteiger partial charge in [-0.2, -0.15) is 0 Å². The van der Waals surface area contributed by atoms with Gasteiger partial charge in [0.15, 0.2) is 0 Å². The molecule has 0 saturated carbocycles. The number of nitrogens with zero attached hydrogens (tertiary/aromatic N) is 3. The van der Waals surface area contributed by atoms with Gasteiger partial charge in [-0.15, -0.1) is 0 Å². The molecule has 2 heterocycles. The van der Waals surface area contributed by atoms with Crippen molar-refractivity contribution >= 4 is 17.1 Å². The van der Waals surface area contributed by atoms with Gasteiger partial charge in [-0.1, -0.05) is 18.2 Å². The van der Waals surface area contributed by atoms with Crippen LogP contribution in [0.25, 0.3) is 0 Å². The maximum absolute atomic E-state index is 5.64. The average molecular weight is 396 g/mol. The Kier molecular flexibility index (Phi) is 6.42. The summed E-state index contributed by atoms with van der Waals surface area (Å²) >= 11 is 0. The summed E-state index contributed by atoms with van der Waals surface area (Å²) in [7, 11) is 3.94. The summed E-state index contributed by atoms with van der Waals surface area (Å²) in [5.74, 6) is 0.950. The highest BCUT2D eigenvalue weighted by Gasteiger charge is 2.21. The predicted molar refractivity (Wildman–Crippen MR) is 121 cm³/mol. The summed E-state index contributed by atoms with van der Waals surface area (Å²) in [6.45, 7) is 6.30. The third-order valence-electron chi connectivity index (χ3n) is 5.95. The predicted octanol–water partition coefficient (Wildman–Crippen LogP) is 3.35. The van der Waals surface area contributed by atoms with Crippen molar-refractivity contribution in [2.75, 3.05) is 69.1 Å². The number of likely N-dealkylation sites (N-methyl/N-ethyl adjacent to an activating group) is 1. The van der Waals surface area contributed by atoms with Gasteiger partial charge in [0.2, 0.25) is 0 Å². The van der Waals surface area contributed by atoms with E-state index in [1.165, 1.54) is 11.4 Å². The molecule has 2 aliphatic rings. The van der Waals surface area contributed by atoms with E-state index in [1.807, 2.05) is 0 Å². The second kappa shape index (κ2) is 9.37. The lowest BCUT2D eigenvalue weighted by molar-refractivity contribution is 0.260. The number of hydrogen-bond donors (Lipinski definition) is 2. The molecule has 0 atom stereocenters. The van der Waals surface area contributed by atoms with Crippen LogP contribution >= 0.6 is 0 Å². The van der Waals surface area contributed by atoms with E-state index in [0.717, 1.165) is 63.5 Å². The fourth-order valence-electron chi connectivity index (χ4n) is 4.14. The molecule has 0 radical (unpaired) electrons. The molecule has 2 saturated heterocycles. The molecule has 29 heavy (non-hydrogen) atoms. The van der Waals surface area contributed by atoms with E-state index < -0.39 is 0 Å². The van der Waals surface area contributed by atoms with Gasteiger partial charge < -0.3 is 25.3 Å². The molecule has 6 nitrogen and oxygen atoms in total. The summed E-state index contributed by atoms with van der Waals surface area (Å²) < 4.78 is 5.64. The maximum Gasteiger partial charge on any atom is 0.142 e. The van der Waals surface area contributed by atoms with Crippen molar-refractivity contribution < 1.29 is 4.74 Å². The lowest BCUT2D eigenvalue weighted by atomic mass is 10.1. The number of piperidine rings is 1. The first-order valence-electron chi connectivity index (χ1n) is 10.7. The van der Waals surface area contributed by atoms with E-state index in [1.54, 1.807) is 7.11 Å². The molecule has 0 spiro atoms. The van der Waals surface area contributed by atoms with Crippen LogP contribution in [0.3, 0.4) is 0 Å². The molecule has 2 N–H and O–H groups in total. The molecule has 0 unspecified atom stereocenters. The van der Waals surface area contributed by atoms with Crippen molar-refractivity contribution in [1.29, 1.82) is 0 Å². The van der Waals surface area contributed by atoms with Crippen molar-refractivity contribution in [1.82, 2.24) is 9.91 Å². The highest BCUT2D eigenvalue weighted by atomic mass is 16.5. The zero-order valence-corrected chi connectivity index (χ0v) is 17.6. The van der Waals surface area contributed by atoms with Crippen molar-refractivity contribution in [3.8, 4) is 5.75 Å². The number of benzene rings is 2. The van der Waals surface area contributed by atoms with Gasteiger partial charge >= 0.3 is 0 Å². The lowest BCUT2D eigenvalue weighted by Crippen LogP contribution is -2.44. The smallest absolute Gasteiger partial charge is 0.142 e. The second-order valence-corrected chi connectivity index (χ2v) is 8.06. The molecule has 156 valence electrons. The van der Waals surface area contributed by atoms with E-state index in [-0.39, 0.29) is 0 Å². The monoisotopic (exact) mass is 395 g/mol. The minimum atomic E-state index is 0.534. The zero-order valence-electron chi connectivity index (χ0n) is 17.6. The number of methoxy groups -OCH3 is 1. The Morgan fingerprint density at radius 3 is 2.28 bits per heavy atom. The minimum Gasteiger partial charge on any atom is -0.495 e. The van der Waals surface area contributed by atoms with Gasteiger partial charge in [0.05, 0.1) is 18.5 Å². The van der Waals surface area contributed by atoms with Gasteiger partial charge in [0.1, 0.15) is 5.75 Å². The third-order valence-corrected chi connectivity index (χ3v) is 5.95. The van der Waals surface area contributed by atoms with E-state index in [4.69, 9.17) is 4.74 Å². The van der Waals surface area contributed by atoms with Crippen LogP contribution in [-0.2, 0) is 0 Å². The van der Waals surface area contributed by atoms with Crippen molar-refractivity contribution in [3.63, 3.8) is 0 Å². The Morgan fingerprint density at radius 2 is 1.59 bits per heavy atom. The molecule has 0 aromatic heterocycles. The van der Waals surface area contributed by atoms with Crippen LogP contribution in [-0.4, -0.2) is 69.4 Å². The summed E-state index contributed by atoms with van der Waals surface area (Å²) in [6.07, 6.45) is 2.26. The van der Waals surface area contributed by atoms with Crippen LogP contribution in [0.5, 0.6) is 5.75 Å². The highest BCUT2D eigenvalue weighted by molar-refractivity contribution is 5.66. The molecule has 2 aliphatic heterocycles. The number of rotatable bonds is 6. The summed E-state index contributed by atoms with van der Waals surface area (Å²) in [4.78, 5) is 4.80. The molecular weight excluding hydrogens is 362 g/mol. The SMILES string of the molecule is COc1ccc(NN2CCC(Nc3ccccc3)CC2)cc1N1CCN(C)CC1. The van der Waals surface area contributed by atoms with Crippen LogP contribution < -0.4 is 20.4 Å². The summed E-state index contributed by atoms with van der Waals surface area (Å²) in [6, 6.07) is 17.5. The fraction of sp³-hybridized carbons (Fsp3) is 0.478. The Morgan fingerprint density at radius 1 is 0.862 bits per heavy atom. The van der Waals surface area contributed by atoms with Gasteiger partial charge in [-0.05, 0) is 50.2 Å². The van der Waals surface area contributed by atoms with Gasteiger partial charge in [0, 0.05) is 51.0 Å². The third kappa shape index (κ3) is 5.14. The van der Waals surface area contributed by atoms with Crippen LogP contribution in [0.2, 0.25) is 0 Å². The molecule has 0 bridgehead atoms. The maximum atomic E-state index is 5.64. The first kappa shape index (κ1) is 19.9. The second-order valence-electron chi connectivity index (χ2n) is 8.06. The zero-order chi connectivity index (χ0) is 20.1. The summed E-state index contributed by atoms with van der Waals surface area (Å²) in [5.41, 5.74) is 7.15. The fourth-order valence-corrected chi connectivity index (χ4v) is 4.14. The average Bonchev–Trinajstić information content (AvgIpc) is 2.76. The number of hydrogen-bond acceptors (Lipinski definition) is 6. The van der Waals surface area contributed by atoms with E-state index >= 15 is 0 Å². The van der Waals surface area contributed by atoms with E-state index in [9.17, 15) is 0 Å². The highest BCUT2D eigenvalue weighted by Crippen LogP contribution is 2.32. The standard InChI is InChI=1S/C23H33N5O/c1-26-14-16-27(17-15-26)22-18-21(8-9-23(22)29-2)25-28-12-10-20(11-13-28)24-19-6-4-3-5-7-19/h3-9,18,20,24-25H,10-17H2,1-2H3. The van der Waals surface area contributed by atoms with Crippen LogP contribution in [0.4, 0.5) is 17.1 Å². The van der Waals surface area contributed by atoms with Crippen molar-refractivity contribution in [2.45, 2.75) is 18.9 Å². The first-order chi connectivity index (χ1) is 14.2. The van der Waals surface area contributed by atoms with E-state index in [0.29, 0.717) is 6.04 Å². The normalized spacial score (nSPS) is 19.2. The number of hydrazine groups is 1. The topological polar surface area (TPSA) is 43.0 Å². The number of anilines is 3. The lowest BCUT2D eigenvalue weighted by Gasteiger charge is -2.36. The Hall–Kier alpha value is -2.44. The van der Waals surface area contributed by atoms with Crippen LogP contribution in [0.15, 0.2) is 48.5 Å². The largest absolute Gasteiger partial charge is 0.495 e. The molecule has 2 aromatic carbocycles. The first-order valence-corrected chi connectivity index (χ1v) is 10.7. The van der Waals surface area contributed by atoms with Crippen LogP contribution in [0, 0.1) is 0 Å². The minimum absolute atomic E-state index is 0.534. The number of para-hydroxylation sites is 1. The molecule has 4 rings (SSSR count). The van der Waals surface area contributed by atoms with Crippen molar-refractivity contribution in [3.05, 3.63) is 48.5 Å². The van der Waals surface area contributed by atoms with Crippen LogP contribution in [0.1, 0.15) is 12.8 Å². The number of piperazine rings is 1. The Labute approximate surface area is 174 Å². The van der Waals surface area contributed by atoms with E-state index in [2.05, 4.69) is 81.1 Å². The molecule has 6 heteroatoms. The molecule has 2 aromatic rings. The molecule has 0 amide bonds. The van der Waals surface area contributed by atoms with Gasteiger partial charge in [0.25, 0.3) is 0 Å². The van der Waals surface area contributed by atoms with Gasteiger partial charge in [-0.25, -0.2) is 5.01 Å². The Balaban J connectivity index is 1.34. The molecular formula is C23H33N5O. The van der Waals surface area contributed by atoms with Gasteiger partial charge in [-0.3, -0.25) is 0 Å². The Bertz CT molecular complexity index is 768. The quantitative estimate of drug-likeness (QED) is 0.782. The molecule has 2 fully saturated rings.